The van der Waals surface area contributed by atoms with Gasteiger partial charge >= 0.3 is 0 Å². The van der Waals surface area contributed by atoms with Crippen LogP contribution in [0.1, 0.15) is 11.5 Å². The molecular weight excluding hydrogens is 258 g/mol. The first-order valence-electron chi connectivity index (χ1n) is 4.54. The molecule has 0 spiro atoms. The van der Waals surface area contributed by atoms with Crippen molar-refractivity contribution in [2.75, 3.05) is 0 Å². The summed E-state index contributed by atoms with van der Waals surface area (Å²) in [5.41, 5.74) is 0.864. The second kappa shape index (κ2) is 4.49. The van der Waals surface area contributed by atoms with Crippen LogP contribution in [-0.2, 0) is 6.61 Å². The number of aryl methyl sites for hydroxylation is 1. The summed E-state index contributed by atoms with van der Waals surface area (Å²) >= 11 is 3.38. The minimum Gasteiger partial charge on any atom is -0.486 e. The number of halogens is 1. The first-order chi connectivity index (χ1) is 7.24. The van der Waals surface area contributed by atoms with E-state index in [1.807, 2.05) is 37.3 Å². The lowest BCUT2D eigenvalue weighted by Gasteiger charge is -2.03. The molecule has 0 unspecified atom stereocenters. The van der Waals surface area contributed by atoms with Crippen LogP contribution < -0.4 is 4.74 Å². The minimum atomic E-state index is 0.400. The number of nitrogens with zero attached hydrogens (tertiary/aromatic N) is 1. The molecule has 2 rings (SSSR count). The fourth-order valence-electron chi connectivity index (χ4n) is 1.20. The van der Waals surface area contributed by atoms with Gasteiger partial charge in [-0.2, -0.15) is 0 Å². The van der Waals surface area contributed by atoms with Crippen molar-refractivity contribution in [2.24, 2.45) is 0 Å². The summed E-state index contributed by atoms with van der Waals surface area (Å²) in [5.74, 6) is 1.53. The predicted molar refractivity (Wildman–Crippen MR) is 59.7 cm³/mol. The fraction of sp³-hybridized carbons (Fsp3) is 0.182. The van der Waals surface area contributed by atoms with Crippen molar-refractivity contribution < 1.29 is 9.26 Å². The van der Waals surface area contributed by atoms with Crippen molar-refractivity contribution in [1.82, 2.24) is 5.16 Å². The maximum absolute atomic E-state index is 5.52. The van der Waals surface area contributed by atoms with E-state index in [9.17, 15) is 0 Å². The molecule has 0 atom stereocenters. The summed E-state index contributed by atoms with van der Waals surface area (Å²) in [6, 6.07) is 9.53. The Morgan fingerprint density at radius 3 is 2.93 bits per heavy atom. The van der Waals surface area contributed by atoms with Gasteiger partial charge in [0, 0.05) is 10.5 Å². The molecule has 4 heteroatoms. The first-order valence-corrected chi connectivity index (χ1v) is 5.34. The maximum Gasteiger partial charge on any atom is 0.174 e. The van der Waals surface area contributed by atoms with E-state index >= 15 is 0 Å². The van der Waals surface area contributed by atoms with Crippen LogP contribution in [0.15, 0.2) is 39.3 Å². The fourth-order valence-corrected chi connectivity index (χ4v) is 1.57. The van der Waals surface area contributed by atoms with Gasteiger partial charge in [0.05, 0.1) is 5.69 Å². The molecule has 0 aliphatic rings. The van der Waals surface area contributed by atoms with Crippen LogP contribution in [-0.4, -0.2) is 5.16 Å². The molecule has 0 bridgehead atoms. The van der Waals surface area contributed by atoms with Crippen molar-refractivity contribution in [2.45, 2.75) is 13.5 Å². The molecule has 3 nitrogen and oxygen atoms in total. The number of aromatic nitrogens is 1. The van der Waals surface area contributed by atoms with E-state index in [1.54, 1.807) is 0 Å². The van der Waals surface area contributed by atoms with E-state index < -0.39 is 0 Å². The van der Waals surface area contributed by atoms with Crippen LogP contribution in [0, 0.1) is 6.92 Å². The number of hydrogen-bond donors (Lipinski definition) is 0. The van der Waals surface area contributed by atoms with Gasteiger partial charge in [0.15, 0.2) is 5.76 Å². The largest absolute Gasteiger partial charge is 0.486 e. The van der Waals surface area contributed by atoms with Gasteiger partial charge in [-0.3, -0.25) is 0 Å². The van der Waals surface area contributed by atoms with Gasteiger partial charge in [0.25, 0.3) is 0 Å². The van der Waals surface area contributed by atoms with Gasteiger partial charge in [-0.1, -0.05) is 27.2 Å². The van der Waals surface area contributed by atoms with Crippen LogP contribution >= 0.6 is 15.9 Å². The highest BCUT2D eigenvalue weighted by Gasteiger charge is 2.01. The zero-order valence-corrected chi connectivity index (χ0v) is 9.82. The third-order valence-electron chi connectivity index (χ3n) is 1.85. The van der Waals surface area contributed by atoms with Crippen molar-refractivity contribution >= 4 is 15.9 Å². The Morgan fingerprint density at radius 2 is 2.27 bits per heavy atom. The molecule has 0 radical (unpaired) electrons. The normalized spacial score (nSPS) is 10.3. The number of ether oxygens (including phenoxy) is 1. The van der Waals surface area contributed by atoms with Gasteiger partial charge in [0.1, 0.15) is 12.4 Å². The van der Waals surface area contributed by atoms with E-state index in [2.05, 4.69) is 21.1 Å². The summed E-state index contributed by atoms with van der Waals surface area (Å²) in [6.07, 6.45) is 0. The summed E-state index contributed by atoms with van der Waals surface area (Å²) in [6.45, 7) is 2.28. The maximum atomic E-state index is 5.52. The van der Waals surface area contributed by atoms with Gasteiger partial charge in [-0.15, -0.1) is 0 Å². The zero-order valence-electron chi connectivity index (χ0n) is 8.24. The average Bonchev–Trinajstić information content (AvgIpc) is 2.62. The third-order valence-corrected chi connectivity index (χ3v) is 2.35. The van der Waals surface area contributed by atoms with E-state index in [1.165, 1.54) is 0 Å². The minimum absolute atomic E-state index is 0.400. The Morgan fingerprint density at radius 1 is 1.40 bits per heavy atom. The monoisotopic (exact) mass is 267 g/mol. The van der Waals surface area contributed by atoms with E-state index in [4.69, 9.17) is 9.26 Å². The van der Waals surface area contributed by atoms with Gasteiger partial charge in [0.2, 0.25) is 0 Å². The number of rotatable bonds is 3. The van der Waals surface area contributed by atoms with Gasteiger partial charge in [-0.25, -0.2) is 0 Å². The second-order valence-electron chi connectivity index (χ2n) is 3.18. The molecule has 2 aromatic rings. The Balaban J connectivity index is 1.99. The summed E-state index contributed by atoms with van der Waals surface area (Å²) < 4.78 is 11.5. The standard InChI is InChI=1S/C11H10BrNO2/c1-8-5-11(15-13-8)7-14-10-4-2-3-9(12)6-10/h2-6H,7H2,1H3. The molecule has 0 saturated carbocycles. The molecular formula is C11H10BrNO2. The first kappa shape index (κ1) is 10.2. The molecule has 0 N–H and O–H groups in total. The zero-order chi connectivity index (χ0) is 10.7. The van der Waals surface area contributed by atoms with Crippen molar-refractivity contribution in [1.29, 1.82) is 0 Å². The molecule has 1 aromatic heterocycles. The smallest absolute Gasteiger partial charge is 0.174 e. The molecule has 1 heterocycles. The molecule has 0 saturated heterocycles. The third kappa shape index (κ3) is 2.83. The predicted octanol–water partition coefficient (Wildman–Crippen LogP) is 3.32. The molecule has 0 fully saturated rings. The Hall–Kier alpha value is -1.29. The second-order valence-corrected chi connectivity index (χ2v) is 4.10. The molecule has 78 valence electrons. The Bertz CT molecular complexity index is 453. The summed E-state index contributed by atoms with van der Waals surface area (Å²) in [5, 5.41) is 3.78. The SMILES string of the molecule is Cc1cc(COc2cccc(Br)c2)on1. The van der Waals surface area contributed by atoms with E-state index in [0.29, 0.717) is 6.61 Å². The van der Waals surface area contributed by atoms with Gasteiger partial charge in [-0.05, 0) is 25.1 Å². The summed E-state index contributed by atoms with van der Waals surface area (Å²) in [4.78, 5) is 0. The lowest BCUT2D eigenvalue weighted by molar-refractivity contribution is 0.248. The van der Waals surface area contributed by atoms with Crippen molar-refractivity contribution in [3.8, 4) is 5.75 Å². The molecule has 1 aromatic carbocycles. The topological polar surface area (TPSA) is 35.3 Å². The molecule has 0 amide bonds. The molecule has 0 aliphatic heterocycles. The van der Waals surface area contributed by atoms with Crippen LogP contribution in [0.3, 0.4) is 0 Å². The van der Waals surface area contributed by atoms with Crippen LogP contribution in [0.2, 0.25) is 0 Å². The number of hydrogen-bond acceptors (Lipinski definition) is 3. The molecule has 0 aliphatic carbocycles. The highest BCUT2D eigenvalue weighted by Crippen LogP contribution is 2.18. The molecule has 15 heavy (non-hydrogen) atoms. The summed E-state index contributed by atoms with van der Waals surface area (Å²) in [7, 11) is 0. The Kier molecular flexibility index (Phi) is 3.06. The quantitative estimate of drug-likeness (QED) is 0.856. The lowest BCUT2D eigenvalue weighted by Crippen LogP contribution is -1.93. The van der Waals surface area contributed by atoms with E-state index in [-0.39, 0.29) is 0 Å². The van der Waals surface area contributed by atoms with Crippen LogP contribution in [0.4, 0.5) is 0 Å². The average molecular weight is 268 g/mol. The van der Waals surface area contributed by atoms with Crippen molar-refractivity contribution in [3.05, 3.63) is 46.3 Å². The van der Waals surface area contributed by atoms with Crippen LogP contribution in [0.5, 0.6) is 5.75 Å². The van der Waals surface area contributed by atoms with Gasteiger partial charge < -0.3 is 9.26 Å². The highest BCUT2D eigenvalue weighted by molar-refractivity contribution is 9.10. The van der Waals surface area contributed by atoms with Crippen LogP contribution in [0.25, 0.3) is 0 Å². The Labute approximate surface area is 96.2 Å². The number of benzene rings is 1. The van der Waals surface area contributed by atoms with Crippen molar-refractivity contribution in [3.63, 3.8) is 0 Å². The van der Waals surface area contributed by atoms with E-state index in [0.717, 1.165) is 21.7 Å². The highest BCUT2D eigenvalue weighted by atomic mass is 79.9. The lowest BCUT2D eigenvalue weighted by atomic mass is 10.3.